The first-order chi connectivity index (χ1) is 20.3. The Morgan fingerprint density at radius 3 is 1.93 bits per heavy atom. The number of hydrogen-bond acceptors (Lipinski definition) is 7. The lowest BCUT2D eigenvalue weighted by Gasteiger charge is -2.30. The van der Waals surface area contributed by atoms with Crippen molar-refractivity contribution in [2.75, 3.05) is 13.2 Å². The Balaban J connectivity index is 2.31. The Morgan fingerprint density at radius 1 is 0.860 bits per heavy atom. The molecule has 2 rings (SSSR count). The van der Waals surface area contributed by atoms with Crippen LogP contribution in [-0.2, 0) is 27.2 Å². The van der Waals surface area contributed by atoms with E-state index in [0.29, 0.717) is 19.3 Å². The summed E-state index contributed by atoms with van der Waals surface area (Å²) in [6, 6.07) is 17.2. The second kappa shape index (κ2) is 17.6. The smallest absolute Gasteiger partial charge is 0.407 e. The van der Waals surface area contributed by atoms with Crippen molar-refractivity contribution in [3.63, 3.8) is 0 Å². The van der Waals surface area contributed by atoms with E-state index in [1.165, 1.54) is 0 Å². The molecule has 10 nitrogen and oxygen atoms in total. The number of amides is 3. The molecule has 2 aromatic rings. The summed E-state index contributed by atoms with van der Waals surface area (Å²) in [6.45, 7) is 8.36. The lowest BCUT2D eigenvalue weighted by atomic mass is 9.88. The molecule has 6 N–H and O–H groups in total. The van der Waals surface area contributed by atoms with Gasteiger partial charge in [0.05, 0.1) is 24.9 Å². The molecule has 0 aromatic heterocycles. The van der Waals surface area contributed by atoms with E-state index in [1.807, 2.05) is 74.5 Å². The number of rotatable bonds is 16. The summed E-state index contributed by atoms with van der Waals surface area (Å²) >= 11 is 0. The van der Waals surface area contributed by atoms with E-state index in [2.05, 4.69) is 16.0 Å². The quantitative estimate of drug-likeness (QED) is 0.173. The van der Waals surface area contributed by atoms with Crippen LogP contribution in [0, 0.1) is 11.8 Å². The summed E-state index contributed by atoms with van der Waals surface area (Å²) in [7, 11) is 0. The van der Waals surface area contributed by atoms with Gasteiger partial charge in [0.1, 0.15) is 11.6 Å². The molecule has 0 radical (unpaired) electrons. The highest BCUT2D eigenvalue weighted by Gasteiger charge is 2.33. The topological polar surface area (TPSA) is 157 Å². The van der Waals surface area contributed by atoms with Crippen molar-refractivity contribution in [2.45, 2.75) is 90.2 Å². The van der Waals surface area contributed by atoms with E-state index >= 15 is 0 Å². The number of carbonyl (C=O) groups is 3. The van der Waals surface area contributed by atoms with Gasteiger partial charge in [0.2, 0.25) is 11.8 Å². The van der Waals surface area contributed by atoms with Crippen LogP contribution in [0.1, 0.15) is 58.6 Å². The van der Waals surface area contributed by atoms with E-state index in [4.69, 9.17) is 9.84 Å². The van der Waals surface area contributed by atoms with Crippen LogP contribution in [-0.4, -0.2) is 76.3 Å². The molecule has 2 aromatic carbocycles. The lowest BCUT2D eigenvalue weighted by molar-refractivity contribution is -0.133. The Kier molecular flexibility index (Phi) is 14.6. The highest BCUT2D eigenvalue weighted by atomic mass is 16.6. The number of ether oxygens (including phenoxy) is 1. The summed E-state index contributed by atoms with van der Waals surface area (Å²) in [5.74, 6) is -1.85. The van der Waals surface area contributed by atoms with Crippen molar-refractivity contribution >= 4 is 17.9 Å². The average Bonchev–Trinajstić information content (AvgIpc) is 2.97. The Hall–Kier alpha value is -3.47. The van der Waals surface area contributed by atoms with Crippen LogP contribution in [0.2, 0.25) is 0 Å². The number of aliphatic hydroxyl groups excluding tert-OH is 3. The lowest BCUT2D eigenvalue weighted by Crippen LogP contribution is -2.54. The van der Waals surface area contributed by atoms with Crippen molar-refractivity contribution in [2.24, 2.45) is 11.8 Å². The van der Waals surface area contributed by atoms with Gasteiger partial charge in [-0.1, -0.05) is 80.9 Å². The van der Waals surface area contributed by atoms with E-state index < -0.39 is 60.3 Å². The third-order valence-electron chi connectivity index (χ3n) is 7.20. The van der Waals surface area contributed by atoms with Gasteiger partial charge in [-0.15, -0.1) is 0 Å². The van der Waals surface area contributed by atoms with Crippen LogP contribution >= 0.6 is 0 Å². The molecule has 0 bridgehead atoms. The van der Waals surface area contributed by atoms with Crippen LogP contribution in [0.5, 0.6) is 0 Å². The molecule has 0 spiro atoms. The number of hydrogen-bond donors (Lipinski definition) is 6. The van der Waals surface area contributed by atoms with Gasteiger partial charge in [0.25, 0.3) is 0 Å². The average molecular weight is 600 g/mol. The molecule has 2 unspecified atom stereocenters. The molecule has 0 heterocycles. The fraction of sp³-hybridized carbons (Fsp3) is 0.545. The second-order valence-corrected chi connectivity index (χ2v) is 12.1. The molecule has 0 aliphatic rings. The minimum atomic E-state index is -1.12. The predicted molar refractivity (Wildman–Crippen MR) is 165 cm³/mol. The van der Waals surface area contributed by atoms with Gasteiger partial charge in [-0.3, -0.25) is 9.59 Å². The third kappa shape index (κ3) is 13.1. The van der Waals surface area contributed by atoms with Crippen molar-refractivity contribution in [3.05, 3.63) is 71.8 Å². The Labute approximate surface area is 255 Å². The molecule has 0 aliphatic carbocycles. The molecular weight excluding hydrogens is 550 g/mol. The second-order valence-electron chi connectivity index (χ2n) is 12.1. The fourth-order valence-electron chi connectivity index (χ4n) is 4.61. The number of alkyl carbamates (subject to hydrolysis) is 1. The maximum absolute atomic E-state index is 13.8. The van der Waals surface area contributed by atoms with Crippen molar-refractivity contribution in [1.29, 1.82) is 0 Å². The molecule has 0 fully saturated rings. The molecule has 238 valence electrons. The molecule has 0 saturated carbocycles. The van der Waals surface area contributed by atoms with Gasteiger partial charge in [-0.25, -0.2) is 4.79 Å². The minimum Gasteiger partial charge on any atom is -0.444 e. The number of aliphatic hydroxyl groups is 3. The molecule has 10 heteroatoms. The van der Waals surface area contributed by atoms with Crippen LogP contribution in [0.3, 0.4) is 0 Å². The van der Waals surface area contributed by atoms with Crippen molar-refractivity contribution in [1.82, 2.24) is 16.0 Å². The largest absolute Gasteiger partial charge is 0.444 e. The number of benzene rings is 2. The van der Waals surface area contributed by atoms with Gasteiger partial charge in [0.15, 0.2) is 0 Å². The van der Waals surface area contributed by atoms with E-state index in [-0.39, 0.29) is 18.9 Å². The summed E-state index contributed by atoms with van der Waals surface area (Å²) in [4.78, 5) is 39.6. The van der Waals surface area contributed by atoms with E-state index in [0.717, 1.165) is 11.1 Å². The monoisotopic (exact) mass is 599 g/mol. The third-order valence-corrected chi connectivity index (χ3v) is 7.20. The molecule has 0 saturated heterocycles. The zero-order valence-electron chi connectivity index (χ0n) is 26.0. The molecule has 43 heavy (non-hydrogen) atoms. The molecular formula is C33H49N3O7. The molecule has 6 atom stereocenters. The minimum absolute atomic E-state index is 0.00605. The predicted octanol–water partition coefficient (Wildman–Crippen LogP) is 2.73. The first-order valence-corrected chi connectivity index (χ1v) is 14.9. The highest BCUT2D eigenvalue weighted by Crippen LogP contribution is 2.20. The summed E-state index contributed by atoms with van der Waals surface area (Å²) in [6.07, 6.45) is -1.69. The standard InChI is InChI=1S/C33H49N3O7/c1-6-22(2)29(31(41)34-20-26(38)21-37)36-30(40)25(17-23-13-9-7-10-14-23)19-28(39)27(18-24-15-11-8-12-16-24)35-32(42)43-33(3,4)5/h7-16,22,25-29,37-39H,6,17-21H2,1-5H3,(H,34,41)(H,35,42)(H,36,40)/t22?,25-,26?,27-,28-,29-/m0/s1. The summed E-state index contributed by atoms with van der Waals surface area (Å²) < 4.78 is 5.45. The Morgan fingerprint density at radius 2 is 1.42 bits per heavy atom. The van der Waals surface area contributed by atoms with Crippen LogP contribution in [0.25, 0.3) is 0 Å². The number of carbonyl (C=O) groups excluding carboxylic acids is 3. The van der Waals surface area contributed by atoms with Crippen molar-refractivity contribution in [3.8, 4) is 0 Å². The number of nitrogens with one attached hydrogen (secondary N) is 3. The maximum Gasteiger partial charge on any atom is 0.407 e. The van der Waals surface area contributed by atoms with Crippen LogP contribution in [0.15, 0.2) is 60.7 Å². The fourth-order valence-corrected chi connectivity index (χ4v) is 4.61. The zero-order chi connectivity index (χ0) is 32.0. The van der Waals surface area contributed by atoms with Gasteiger partial charge in [-0.05, 0) is 57.1 Å². The maximum atomic E-state index is 13.8. The first kappa shape index (κ1) is 35.7. The van der Waals surface area contributed by atoms with Crippen LogP contribution in [0.4, 0.5) is 4.79 Å². The van der Waals surface area contributed by atoms with E-state index in [1.54, 1.807) is 20.8 Å². The van der Waals surface area contributed by atoms with Crippen LogP contribution < -0.4 is 16.0 Å². The van der Waals surface area contributed by atoms with Gasteiger partial charge >= 0.3 is 6.09 Å². The van der Waals surface area contributed by atoms with Gasteiger partial charge in [0, 0.05) is 12.5 Å². The molecule has 0 aliphatic heterocycles. The molecule has 3 amide bonds. The highest BCUT2D eigenvalue weighted by molar-refractivity contribution is 5.88. The zero-order valence-corrected chi connectivity index (χ0v) is 26.0. The van der Waals surface area contributed by atoms with Gasteiger partial charge in [-0.2, -0.15) is 0 Å². The Bertz CT molecular complexity index is 1120. The van der Waals surface area contributed by atoms with E-state index in [9.17, 15) is 24.6 Å². The van der Waals surface area contributed by atoms with Crippen molar-refractivity contribution < 1.29 is 34.4 Å². The summed E-state index contributed by atoms with van der Waals surface area (Å²) in [5.41, 5.74) is 1.04. The normalized spacial score (nSPS) is 15.7. The summed E-state index contributed by atoms with van der Waals surface area (Å²) in [5, 5.41) is 38.6. The SMILES string of the molecule is CCC(C)[C@H](NC(=O)[C@@H](Cc1ccccc1)C[C@H](O)[C@H](Cc1ccccc1)NC(=O)OC(C)(C)C)C(=O)NCC(O)CO. The first-order valence-electron chi connectivity index (χ1n) is 14.9. The van der Waals surface area contributed by atoms with Gasteiger partial charge < -0.3 is 36.0 Å².